The van der Waals surface area contributed by atoms with Gasteiger partial charge in [0.15, 0.2) is 6.23 Å². The third kappa shape index (κ3) is 3.45. The highest BCUT2D eigenvalue weighted by Gasteiger charge is 2.19. The van der Waals surface area contributed by atoms with Crippen molar-refractivity contribution in [2.45, 2.75) is 45.1 Å². The quantitative estimate of drug-likeness (QED) is 0.531. The molecule has 1 aliphatic heterocycles. The average molecular weight is 377 g/mol. The highest BCUT2D eigenvalue weighted by molar-refractivity contribution is 9.10. The standard InChI is InChI=1S/C17H21BrN2OSi/c1-22(2,3)9-7-13-10-14(18)11-16-15(13)12-19-20(16)17-6-4-5-8-21-17/h10-12,17H,4-6,8H2,1-3H3. The molecule has 0 N–H and O–H groups in total. The van der Waals surface area contributed by atoms with Crippen molar-refractivity contribution in [3.05, 3.63) is 28.4 Å². The van der Waals surface area contributed by atoms with Gasteiger partial charge in [0, 0.05) is 22.0 Å². The lowest BCUT2D eigenvalue weighted by molar-refractivity contribution is -0.0366. The summed E-state index contributed by atoms with van der Waals surface area (Å²) in [5.41, 5.74) is 5.59. The van der Waals surface area contributed by atoms with Crippen LogP contribution in [0.1, 0.15) is 31.1 Å². The van der Waals surface area contributed by atoms with E-state index in [1.807, 2.05) is 10.9 Å². The first-order chi connectivity index (χ1) is 10.4. The van der Waals surface area contributed by atoms with Gasteiger partial charge >= 0.3 is 0 Å². The monoisotopic (exact) mass is 376 g/mol. The van der Waals surface area contributed by atoms with Gasteiger partial charge in [0.25, 0.3) is 0 Å². The number of aromatic nitrogens is 2. The molecule has 1 atom stereocenters. The molecule has 1 unspecified atom stereocenters. The summed E-state index contributed by atoms with van der Waals surface area (Å²) < 4.78 is 8.93. The van der Waals surface area contributed by atoms with Gasteiger partial charge in [-0.15, -0.1) is 5.54 Å². The molecule has 5 heteroatoms. The van der Waals surface area contributed by atoms with Gasteiger partial charge in [0.2, 0.25) is 0 Å². The zero-order valence-corrected chi connectivity index (χ0v) is 15.9. The molecule has 0 bridgehead atoms. The molecule has 1 saturated heterocycles. The van der Waals surface area contributed by atoms with Crippen molar-refractivity contribution in [1.29, 1.82) is 0 Å². The summed E-state index contributed by atoms with van der Waals surface area (Å²) in [7, 11) is -1.40. The molecule has 2 heterocycles. The largest absolute Gasteiger partial charge is 0.356 e. The number of fused-ring (bicyclic) bond motifs is 1. The van der Waals surface area contributed by atoms with Crippen LogP contribution in [0.25, 0.3) is 10.9 Å². The molecule has 0 saturated carbocycles. The van der Waals surface area contributed by atoms with Crippen molar-refractivity contribution >= 4 is 34.9 Å². The van der Waals surface area contributed by atoms with Crippen molar-refractivity contribution in [2.24, 2.45) is 0 Å². The van der Waals surface area contributed by atoms with E-state index in [4.69, 9.17) is 4.74 Å². The Morgan fingerprint density at radius 2 is 2.14 bits per heavy atom. The predicted molar refractivity (Wildman–Crippen MR) is 96.5 cm³/mol. The average Bonchev–Trinajstić information content (AvgIpc) is 2.88. The lowest BCUT2D eigenvalue weighted by atomic mass is 10.1. The molecule has 3 rings (SSSR count). The Balaban J connectivity index is 2.07. The third-order valence-electron chi connectivity index (χ3n) is 3.68. The van der Waals surface area contributed by atoms with Gasteiger partial charge in [-0.1, -0.05) is 41.5 Å². The molecular formula is C17H21BrN2OSi. The van der Waals surface area contributed by atoms with Crippen LogP contribution in [-0.4, -0.2) is 24.5 Å². The third-order valence-corrected chi connectivity index (χ3v) is 5.01. The fraction of sp³-hybridized carbons (Fsp3) is 0.471. The molecule has 22 heavy (non-hydrogen) atoms. The molecule has 1 aliphatic rings. The number of hydrogen-bond donors (Lipinski definition) is 0. The second-order valence-electron chi connectivity index (χ2n) is 6.80. The highest BCUT2D eigenvalue weighted by Crippen LogP contribution is 2.29. The van der Waals surface area contributed by atoms with Crippen LogP contribution in [0.3, 0.4) is 0 Å². The minimum Gasteiger partial charge on any atom is -0.356 e. The molecular weight excluding hydrogens is 356 g/mol. The Labute approximate surface area is 141 Å². The van der Waals surface area contributed by atoms with Crippen molar-refractivity contribution < 1.29 is 4.74 Å². The van der Waals surface area contributed by atoms with Crippen molar-refractivity contribution in [2.75, 3.05) is 6.61 Å². The summed E-state index contributed by atoms with van der Waals surface area (Å²) in [6.07, 6.45) is 5.35. The molecule has 0 amide bonds. The van der Waals surface area contributed by atoms with Crippen molar-refractivity contribution in [3.8, 4) is 11.5 Å². The van der Waals surface area contributed by atoms with E-state index in [1.54, 1.807) is 0 Å². The molecule has 1 fully saturated rings. The summed E-state index contributed by atoms with van der Waals surface area (Å²) in [5.74, 6) is 3.37. The molecule has 116 valence electrons. The molecule has 1 aromatic heterocycles. The topological polar surface area (TPSA) is 27.1 Å². The maximum Gasteiger partial charge on any atom is 0.150 e. The van der Waals surface area contributed by atoms with Crippen LogP contribution in [0.2, 0.25) is 19.6 Å². The first kappa shape index (κ1) is 15.8. The SMILES string of the molecule is C[Si](C)(C)C#Cc1cc(Br)cc2c1cnn2C1CCCCO1. The van der Waals surface area contributed by atoms with Crippen LogP contribution < -0.4 is 0 Å². The van der Waals surface area contributed by atoms with E-state index in [9.17, 15) is 0 Å². The summed E-state index contributed by atoms with van der Waals surface area (Å²) in [5, 5.41) is 5.69. The van der Waals surface area contributed by atoms with Gasteiger partial charge in [0.05, 0.1) is 11.7 Å². The number of ether oxygens (including phenoxy) is 1. The Hall–Kier alpha value is -1.09. The minimum absolute atomic E-state index is 0.0540. The Kier molecular flexibility index (Phi) is 4.44. The fourth-order valence-electron chi connectivity index (χ4n) is 2.62. The molecule has 0 aliphatic carbocycles. The van der Waals surface area contributed by atoms with Crippen LogP contribution in [0.15, 0.2) is 22.8 Å². The summed E-state index contributed by atoms with van der Waals surface area (Å²) in [4.78, 5) is 0. The van der Waals surface area contributed by atoms with Crippen LogP contribution in [0.4, 0.5) is 0 Å². The van der Waals surface area contributed by atoms with Gasteiger partial charge in [0.1, 0.15) is 8.07 Å². The second kappa shape index (κ2) is 6.19. The predicted octanol–water partition coefficient (Wildman–Crippen LogP) is 4.73. The zero-order chi connectivity index (χ0) is 15.7. The Morgan fingerprint density at radius 1 is 1.32 bits per heavy atom. The number of rotatable bonds is 1. The van der Waals surface area contributed by atoms with Crippen LogP contribution in [0.5, 0.6) is 0 Å². The van der Waals surface area contributed by atoms with Crippen LogP contribution >= 0.6 is 15.9 Å². The Morgan fingerprint density at radius 3 is 2.82 bits per heavy atom. The van der Waals surface area contributed by atoms with Gasteiger partial charge in [-0.2, -0.15) is 5.10 Å². The van der Waals surface area contributed by atoms with Gasteiger partial charge in [-0.25, -0.2) is 4.68 Å². The van der Waals surface area contributed by atoms with Crippen molar-refractivity contribution in [1.82, 2.24) is 9.78 Å². The van der Waals surface area contributed by atoms with E-state index in [0.717, 1.165) is 40.4 Å². The lowest BCUT2D eigenvalue weighted by Crippen LogP contribution is -2.19. The zero-order valence-electron chi connectivity index (χ0n) is 13.3. The number of benzene rings is 1. The first-order valence-corrected chi connectivity index (χ1v) is 12.0. The maximum absolute atomic E-state index is 5.88. The molecule has 0 spiro atoms. The smallest absolute Gasteiger partial charge is 0.150 e. The normalized spacial score (nSPS) is 19.0. The van der Waals surface area contributed by atoms with Gasteiger partial charge < -0.3 is 4.74 Å². The van der Waals surface area contributed by atoms with E-state index in [0.29, 0.717) is 0 Å². The van der Waals surface area contributed by atoms with E-state index >= 15 is 0 Å². The molecule has 1 aromatic carbocycles. The van der Waals surface area contributed by atoms with E-state index in [2.05, 4.69) is 64.3 Å². The van der Waals surface area contributed by atoms with Gasteiger partial charge in [-0.05, 0) is 31.4 Å². The number of hydrogen-bond acceptors (Lipinski definition) is 2. The Bertz CT molecular complexity index is 746. The fourth-order valence-corrected chi connectivity index (χ4v) is 3.57. The summed E-state index contributed by atoms with van der Waals surface area (Å²) in [6.45, 7) is 7.60. The number of nitrogens with zero attached hydrogens (tertiary/aromatic N) is 2. The second-order valence-corrected chi connectivity index (χ2v) is 12.5. The van der Waals surface area contributed by atoms with E-state index in [1.165, 1.54) is 6.42 Å². The minimum atomic E-state index is -1.40. The first-order valence-electron chi connectivity index (χ1n) is 7.75. The van der Waals surface area contributed by atoms with E-state index < -0.39 is 8.07 Å². The van der Waals surface area contributed by atoms with Crippen LogP contribution in [-0.2, 0) is 4.74 Å². The van der Waals surface area contributed by atoms with E-state index in [-0.39, 0.29) is 6.23 Å². The van der Waals surface area contributed by atoms with Crippen LogP contribution in [0, 0.1) is 11.5 Å². The molecule has 0 radical (unpaired) electrons. The summed E-state index contributed by atoms with van der Waals surface area (Å²) >= 11 is 3.61. The summed E-state index contributed by atoms with van der Waals surface area (Å²) in [6, 6.07) is 4.20. The maximum atomic E-state index is 5.88. The van der Waals surface area contributed by atoms with Gasteiger partial charge in [-0.3, -0.25) is 0 Å². The van der Waals surface area contributed by atoms with Crippen molar-refractivity contribution in [3.63, 3.8) is 0 Å². The number of halogens is 1. The highest BCUT2D eigenvalue weighted by atomic mass is 79.9. The molecule has 2 aromatic rings. The lowest BCUT2D eigenvalue weighted by Gasteiger charge is -2.23. The molecule has 3 nitrogen and oxygen atoms in total.